The zero-order valence-electron chi connectivity index (χ0n) is 10.3. The average molecular weight is 230 g/mol. The highest BCUT2D eigenvalue weighted by atomic mass is 16.4. The van der Waals surface area contributed by atoms with E-state index in [1.165, 1.54) is 4.90 Å². The van der Waals surface area contributed by atoms with Crippen LogP contribution in [0.25, 0.3) is 0 Å². The number of rotatable bonds is 7. The van der Waals surface area contributed by atoms with Gasteiger partial charge in [0.05, 0.1) is 0 Å². The Morgan fingerprint density at radius 2 is 1.94 bits per heavy atom. The van der Waals surface area contributed by atoms with Crippen LogP contribution in [-0.2, 0) is 4.79 Å². The lowest BCUT2D eigenvalue weighted by Gasteiger charge is -2.20. The van der Waals surface area contributed by atoms with Gasteiger partial charge in [0.25, 0.3) is 0 Å². The summed E-state index contributed by atoms with van der Waals surface area (Å²) in [4.78, 5) is 23.9. The Morgan fingerprint density at radius 3 is 2.38 bits per heavy atom. The first-order chi connectivity index (χ1) is 7.52. The van der Waals surface area contributed by atoms with Crippen LogP contribution in [0.2, 0.25) is 0 Å². The Hall–Kier alpha value is -1.26. The molecule has 0 aromatic heterocycles. The van der Waals surface area contributed by atoms with Crippen LogP contribution in [0.15, 0.2) is 0 Å². The summed E-state index contributed by atoms with van der Waals surface area (Å²) in [7, 11) is 1.68. The van der Waals surface area contributed by atoms with Gasteiger partial charge in [-0.15, -0.1) is 0 Å². The summed E-state index contributed by atoms with van der Waals surface area (Å²) in [6, 6.07) is -1.09. The van der Waals surface area contributed by atoms with E-state index in [0.29, 0.717) is 13.0 Å². The molecule has 0 radical (unpaired) electrons. The predicted molar refractivity (Wildman–Crippen MR) is 62.4 cm³/mol. The molecule has 0 saturated heterocycles. The van der Waals surface area contributed by atoms with Crippen molar-refractivity contribution in [3.05, 3.63) is 0 Å². The standard InChI is InChI=1S/C11H22N2O3/c1-4-6-8-13(3)11(16)12-9(7-5-2)10(14)15/h9H,4-8H2,1-3H3,(H,12,16)(H,14,15)/t9-/m0/s1. The number of carboxylic acid groups (broad SMARTS) is 1. The SMILES string of the molecule is CCCCN(C)C(=O)N[C@@H](CCC)C(=O)O. The predicted octanol–water partition coefficient (Wildman–Crippen LogP) is 1.68. The number of unbranched alkanes of at least 4 members (excludes halogenated alkanes) is 1. The molecule has 5 heteroatoms. The molecule has 0 heterocycles. The van der Waals surface area contributed by atoms with Gasteiger partial charge in [0.1, 0.15) is 6.04 Å². The molecular weight excluding hydrogens is 208 g/mol. The molecule has 0 spiro atoms. The molecule has 2 N–H and O–H groups in total. The number of aliphatic carboxylic acids is 1. The van der Waals surface area contributed by atoms with Gasteiger partial charge < -0.3 is 15.3 Å². The van der Waals surface area contributed by atoms with Gasteiger partial charge in [0.15, 0.2) is 0 Å². The van der Waals surface area contributed by atoms with Crippen molar-refractivity contribution in [3.63, 3.8) is 0 Å². The second-order valence-corrected chi connectivity index (χ2v) is 3.90. The van der Waals surface area contributed by atoms with Gasteiger partial charge in [0.2, 0.25) is 0 Å². The summed E-state index contributed by atoms with van der Waals surface area (Å²) in [5, 5.41) is 11.4. The summed E-state index contributed by atoms with van der Waals surface area (Å²) >= 11 is 0. The van der Waals surface area contributed by atoms with Crippen molar-refractivity contribution in [2.75, 3.05) is 13.6 Å². The molecule has 0 aromatic rings. The lowest BCUT2D eigenvalue weighted by molar-refractivity contribution is -0.139. The fourth-order valence-electron chi connectivity index (χ4n) is 1.30. The van der Waals surface area contributed by atoms with Gasteiger partial charge in [-0.2, -0.15) is 0 Å². The number of carbonyl (C=O) groups excluding carboxylic acids is 1. The third-order valence-corrected chi connectivity index (χ3v) is 2.37. The molecule has 0 aromatic carbocycles. The lowest BCUT2D eigenvalue weighted by atomic mass is 10.2. The van der Waals surface area contributed by atoms with Crippen LogP contribution in [0.3, 0.4) is 0 Å². The number of nitrogens with one attached hydrogen (secondary N) is 1. The topological polar surface area (TPSA) is 69.6 Å². The summed E-state index contributed by atoms with van der Waals surface area (Å²) < 4.78 is 0. The fraction of sp³-hybridized carbons (Fsp3) is 0.818. The minimum atomic E-state index is -0.973. The second kappa shape index (κ2) is 7.96. The number of carboxylic acids is 1. The summed E-state index contributed by atoms with van der Waals surface area (Å²) in [6.07, 6.45) is 3.13. The van der Waals surface area contributed by atoms with E-state index in [9.17, 15) is 9.59 Å². The molecular formula is C11H22N2O3. The maximum absolute atomic E-state index is 11.6. The Labute approximate surface area is 96.8 Å². The Morgan fingerprint density at radius 1 is 1.31 bits per heavy atom. The Kier molecular flexibility index (Phi) is 7.33. The molecule has 16 heavy (non-hydrogen) atoms. The quantitative estimate of drug-likeness (QED) is 0.699. The highest BCUT2D eigenvalue weighted by molar-refractivity contribution is 5.82. The minimum absolute atomic E-state index is 0.311. The zero-order chi connectivity index (χ0) is 12.6. The molecule has 0 aliphatic rings. The van der Waals surface area contributed by atoms with Crippen LogP contribution >= 0.6 is 0 Å². The maximum atomic E-state index is 11.6. The van der Waals surface area contributed by atoms with Crippen molar-refractivity contribution >= 4 is 12.0 Å². The maximum Gasteiger partial charge on any atom is 0.326 e. The molecule has 0 fully saturated rings. The normalized spacial score (nSPS) is 11.9. The van der Waals surface area contributed by atoms with Crippen molar-refractivity contribution in [2.45, 2.75) is 45.6 Å². The molecule has 94 valence electrons. The summed E-state index contributed by atoms with van der Waals surface area (Å²) in [5.41, 5.74) is 0. The highest BCUT2D eigenvalue weighted by Gasteiger charge is 2.20. The first-order valence-corrected chi connectivity index (χ1v) is 5.77. The average Bonchev–Trinajstić information content (AvgIpc) is 2.24. The van der Waals surface area contributed by atoms with Gasteiger partial charge in [-0.3, -0.25) is 0 Å². The molecule has 1 atom stereocenters. The third-order valence-electron chi connectivity index (χ3n) is 2.37. The molecule has 0 aliphatic carbocycles. The number of nitrogens with zero attached hydrogens (tertiary/aromatic N) is 1. The van der Waals surface area contributed by atoms with Crippen LogP contribution in [0.4, 0.5) is 4.79 Å². The van der Waals surface area contributed by atoms with E-state index in [1.54, 1.807) is 7.05 Å². The van der Waals surface area contributed by atoms with E-state index in [4.69, 9.17) is 5.11 Å². The number of urea groups is 1. The van der Waals surface area contributed by atoms with E-state index < -0.39 is 12.0 Å². The Bertz CT molecular complexity index is 231. The molecule has 5 nitrogen and oxygen atoms in total. The first kappa shape index (κ1) is 14.7. The van der Waals surface area contributed by atoms with Gasteiger partial charge in [-0.1, -0.05) is 26.7 Å². The van der Waals surface area contributed by atoms with Gasteiger partial charge in [-0.25, -0.2) is 9.59 Å². The van der Waals surface area contributed by atoms with Gasteiger partial charge in [0, 0.05) is 13.6 Å². The number of amides is 2. The second-order valence-electron chi connectivity index (χ2n) is 3.90. The molecule has 0 bridgehead atoms. The summed E-state index contributed by atoms with van der Waals surface area (Å²) in [6.45, 7) is 4.59. The summed E-state index contributed by atoms with van der Waals surface area (Å²) in [5.74, 6) is -0.973. The van der Waals surface area contributed by atoms with Gasteiger partial charge in [-0.05, 0) is 12.8 Å². The molecule has 0 unspecified atom stereocenters. The Balaban J connectivity index is 4.12. The van der Waals surface area contributed by atoms with Crippen LogP contribution in [0.5, 0.6) is 0 Å². The van der Waals surface area contributed by atoms with E-state index in [-0.39, 0.29) is 6.03 Å². The largest absolute Gasteiger partial charge is 0.480 e. The molecule has 2 amide bonds. The lowest BCUT2D eigenvalue weighted by Crippen LogP contribution is -2.46. The van der Waals surface area contributed by atoms with E-state index in [0.717, 1.165) is 19.3 Å². The van der Waals surface area contributed by atoms with E-state index in [1.807, 2.05) is 13.8 Å². The van der Waals surface area contributed by atoms with E-state index >= 15 is 0 Å². The van der Waals surface area contributed by atoms with Crippen molar-refractivity contribution < 1.29 is 14.7 Å². The fourth-order valence-corrected chi connectivity index (χ4v) is 1.30. The van der Waals surface area contributed by atoms with Crippen LogP contribution < -0.4 is 5.32 Å². The van der Waals surface area contributed by atoms with Crippen molar-refractivity contribution in [2.24, 2.45) is 0 Å². The van der Waals surface area contributed by atoms with Gasteiger partial charge >= 0.3 is 12.0 Å². The first-order valence-electron chi connectivity index (χ1n) is 5.77. The van der Waals surface area contributed by atoms with Crippen molar-refractivity contribution in [1.29, 1.82) is 0 Å². The van der Waals surface area contributed by atoms with Crippen molar-refractivity contribution in [1.82, 2.24) is 10.2 Å². The third kappa shape index (κ3) is 5.58. The zero-order valence-corrected chi connectivity index (χ0v) is 10.3. The number of hydrogen-bond acceptors (Lipinski definition) is 2. The molecule has 0 saturated carbocycles. The van der Waals surface area contributed by atoms with Crippen LogP contribution in [-0.4, -0.2) is 41.6 Å². The van der Waals surface area contributed by atoms with Crippen molar-refractivity contribution in [3.8, 4) is 0 Å². The number of hydrogen-bond donors (Lipinski definition) is 2. The highest BCUT2D eigenvalue weighted by Crippen LogP contribution is 1.99. The molecule has 0 aliphatic heterocycles. The van der Waals surface area contributed by atoms with E-state index in [2.05, 4.69) is 5.32 Å². The molecule has 0 rings (SSSR count). The monoisotopic (exact) mass is 230 g/mol. The minimum Gasteiger partial charge on any atom is -0.480 e. The smallest absolute Gasteiger partial charge is 0.326 e. The number of carbonyl (C=O) groups is 2. The van der Waals surface area contributed by atoms with Crippen LogP contribution in [0, 0.1) is 0 Å². The van der Waals surface area contributed by atoms with Crippen LogP contribution in [0.1, 0.15) is 39.5 Å².